The van der Waals surface area contributed by atoms with Crippen molar-refractivity contribution in [3.05, 3.63) is 29.3 Å². The van der Waals surface area contributed by atoms with E-state index in [0.717, 1.165) is 0 Å². The maximum atomic E-state index is 10.8. The summed E-state index contributed by atoms with van der Waals surface area (Å²) in [5, 5.41) is 10.8. The fraction of sp³-hybridized carbons (Fsp3) is 0.684. The van der Waals surface area contributed by atoms with Gasteiger partial charge in [-0.3, -0.25) is 0 Å². The molecule has 2 fully saturated rings. The lowest BCUT2D eigenvalue weighted by molar-refractivity contribution is 0.417. The molecular weight excluding hydrogens is 244 g/mol. The minimum Gasteiger partial charge on any atom is -0.507 e. The van der Waals surface area contributed by atoms with Crippen LogP contribution < -0.4 is 0 Å². The average molecular weight is 272 g/mol. The molecule has 0 aromatic heterocycles. The molecule has 0 aliphatic heterocycles. The highest BCUT2D eigenvalue weighted by atomic mass is 16.3. The van der Waals surface area contributed by atoms with E-state index in [1.807, 2.05) is 0 Å². The van der Waals surface area contributed by atoms with Crippen LogP contribution in [0, 0.1) is 0 Å². The van der Waals surface area contributed by atoms with Gasteiger partial charge in [-0.25, -0.2) is 0 Å². The minimum atomic E-state index is 0.594. The van der Waals surface area contributed by atoms with Crippen molar-refractivity contribution in [2.24, 2.45) is 0 Å². The monoisotopic (exact) mass is 272 g/mol. The fourth-order valence-corrected chi connectivity index (χ4v) is 4.24. The predicted octanol–water partition coefficient (Wildman–Crippen LogP) is 5.88. The van der Waals surface area contributed by atoms with Crippen molar-refractivity contribution in [1.82, 2.24) is 0 Å². The number of hydrogen-bond acceptors (Lipinski definition) is 1. The van der Waals surface area contributed by atoms with Gasteiger partial charge < -0.3 is 5.11 Å². The van der Waals surface area contributed by atoms with Gasteiger partial charge in [0.1, 0.15) is 5.75 Å². The third-order valence-electron chi connectivity index (χ3n) is 5.44. The van der Waals surface area contributed by atoms with Crippen molar-refractivity contribution in [2.75, 3.05) is 0 Å². The highest BCUT2D eigenvalue weighted by Gasteiger charge is 2.24. The molecule has 2 aliphatic carbocycles. The molecule has 0 amide bonds. The zero-order valence-corrected chi connectivity index (χ0v) is 12.6. The van der Waals surface area contributed by atoms with E-state index in [1.54, 1.807) is 0 Å². The molecule has 0 radical (unpaired) electrons. The third kappa shape index (κ3) is 3.02. The summed E-state index contributed by atoms with van der Waals surface area (Å²) in [6, 6.07) is 6.53. The third-order valence-corrected chi connectivity index (χ3v) is 5.44. The van der Waals surface area contributed by atoms with Crippen LogP contribution in [0.3, 0.4) is 0 Å². The normalized spacial score (nSPS) is 22.6. The summed E-state index contributed by atoms with van der Waals surface area (Å²) < 4.78 is 0. The second-order valence-corrected chi connectivity index (χ2v) is 6.81. The van der Waals surface area contributed by atoms with Crippen LogP contribution in [-0.2, 0) is 0 Å². The van der Waals surface area contributed by atoms with Crippen molar-refractivity contribution in [1.29, 1.82) is 0 Å². The molecule has 1 heteroatoms. The topological polar surface area (TPSA) is 20.2 Å². The lowest BCUT2D eigenvalue weighted by atomic mass is 9.83. The Bertz CT molecular complexity index is 423. The lowest BCUT2D eigenvalue weighted by Gasteiger charge is -2.23. The molecule has 1 N–H and O–H groups in total. The molecule has 0 bridgehead atoms. The van der Waals surface area contributed by atoms with Crippen LogP contribution >= 0.6 is 0 Å². The van der Waals surface area contributed by atoms with Gasteiger partial charge in [-0.05, 0) is 48.6 Å². The number of para-hydroxylation sites is 1. The summed E-state index contributed by atoms with van der Waals surface area (Å²) in [6.07, 6.45) is 14.5. The smallest absolute Gasteiger partial charge is 0.122 e. The summed E-state index contributed by atoms with van der Waals surface area (Å²) >= 11 is 0. The largest absolute Gasteiger partial charge is 0.507 e. The van der Waals surface area contributed by atoms with Gasteiger partial charge in [-0.1, -0.05) is 63.1 Å². The van der Waals surface area contributed by atoms with Crippen LogP contribution in [0.2, 0.25) is 0 Å². The van der Waals surface area contributed by atoms with Crippen molar-refractivity contribution in [3.8, 4) is 5.75 Å². The summed E-state index contributed by atoms with van der Waals surface area (Å²) in [6.45, 7) is 0. The summed E-state index contributed by atoms with van der Waals surface area (Å²) in [4.78, 5) is 0. The second-order valence-electron chi connectivity index (χ2n) is 6.81. The quantitative estimate of drug-likeness (QED) is 0.713. The molecule has 0 atom stereocenters. The Hall–Kier alpha value is -0.980. The SMILES string of the molecule is Oc1c(C2CCCCCCC2)cccc1C1CCCC1. The van der Waals surface area contributed by atoms with Gasteiger partial charge >= 0.3 is 0 Å². The maximum absolute atomic E-state index is 10.8. The molecule has 3 rings (SSSR count). The van der Waals surface area contributed by atoms with Crippen molar-refractivity contribution in [3.63, 3.8) is 0 Å². The first-order valence-corrected chi connectivity index (χ1v) is 8.68. The van der Waals surface area contributed by atoms with E-state index in [9.17, 15) is 5.11 Å². The number of aromatic hydroxyl groups is 1. The molecule has 0 spiro atoms. The van der Waals surface area contributed by atoms with E-state index in [0.29, 0.717) is 17.6 Å². The zero-order valence-electron chi connectivity index (χ0n) is 12.6. The van der Waals surface area contributed by atoms with Gasteiger partial charge in [-0.2, -0.15) is 0 Å². The van der Waals surface area contributed by atoms with Crippen LogP contribution in [-0.4, -0.2) is 5.11 Å². The highest BCUT2D eigenvalue weighted by molar-refractivity contribution is 5.44. The first kappa shape index (κ1) is 14.0. The van der Waals surface area contributed by atoms with Gasteiger partial charge in [0.25, 0.3) is 0 Å². The first-order chi connectivity index (χ1) is 9.86. The Labute approximate surface area is 123 Å². The van der Waals surface area contributed by atoms with Gasteiger partial charge in [0.2, 0.25) is 0 Å². The fourth-order valence-electron chi connectivity index (χ4n) is 4.24. The number of benzene rings is 1. The van der Waals surface area contributed by atoms with Gasteiger partial charge in [0, 0.05) is 0 Å². The van der Waals surface area contributed by atoms with Crippen LogP contribution in [0.25, 0.3) is 0 Å². The van der Waals surface area contributed by atoms with E-state index in [-0.39, 0.29) is 0 Å². The molecule has 20 heavy (non-hydrogen) atoms. The maximum Gasteiger partial charge on any atom is 0.122 e. The number of phenolic OH excluding ortho intramolecular Hbond substituents is 1. The molecule has 110 valence electrons. The lowest BCUT2D eigenvalue weighted by Crippen LogP contribution is -2.04. The van der Waals surface area contributed by atoms with Gasteiger partial charge in [0.05, 0.1) is 0 Å². The van der Waals surface area contributed by atoms with Gasteiger partial charge in [-0.15, -0.1) is 0 Å². The molecule has 1 aromatic carbocycles. The summed E-state index contributed by atoms with van der Waals surface area (Å²) in [7, 11) is 0. The molecule has 0 unspecified atom stereocenters. The molecule has 2 saturated carbocycles. The molecule has 0 heterocycles. The van der Waals surface area contributed by atoms with E-state index >= 15 is 0 Å². The van der Waals surface area contributed by atoms with E-state index < -0.39 is 0 Å². The Kier molecular flexibility index (Phi) is 4.65. The Morgan fingerprint density at radius 3 is 1.55 bits per heavy atom. The molecule has 1 aromatic rings. The average Bonchev–Trinajstić information content (AvgIpc) is 2.93. The first-order valence-electron chi connectivity index (χ1n) is 8.68. The van der Waals surface area contributed by atoms with Crippen molar-refractivity contribution >= 4 is 0 Å². The highest BCUT2D eigenvalue weighted by Crippen LogP contribution is 2.43. The Balaban J connectivity index is 1.82. The van der Waals surface area contributed by atoms with Crippen molar-refractivity contribution in [2.45, 2.75) is 82.5 Å². The van der Waals surface area contributed by atoms with Crippen molar-refractivity contribution < 1.29 is 5.11 Å². The van der Waals surface area contributed by atoms with Crippen LogP contribution in [0.4, 0.5) is 0 Å². The summed E-state index contributed by atoms with van der Waals surface area (Å²) in [5.41, 5.74) is 2.48. The molecule has 0 saturated heterocycles. The minimum absolute atomic E-state index is 0.594. The number of hydrogen-bond donors (Lipinski definition) is 1. The Morgan fingerprint density at radius 1 is 0.650 bits per heavy atom. The summed E-state index contributed by atoms with van der Waals surface area (Å²) in [5.74, 6) is 1.85. The van der Waals surface area contributed by atoms with Crippen LogP contribution in [0.15, 0.2) is 18.2 Å². The van der Waals surface area contributed by atoms with Crippen LogP contribution in [0.5, 0.6) is 5.75 Å². The van der Waals surface area contributed by atoms with Crippen LogP contribution in [0.1, 0.15) is 93.6 Å². The standard InChI is InChI=1S/C19H28O/c20-19-17(15-9-4-2-1-3-5-10-15)13-8-14-18(19)16-11-6-7-12-16/h8,13-16,20H,1-7,9-12H2. The zero-order chi connectivity index (χ0) is 13.8. The van der Waals surface area contributed by atoms with E-state index in [4.69, 9.17) is 0 Å². The second kappa shape index (κ2) is 6.65. The molecule has 1 nitrogen and oxygen atoms in total. The van der Waals surface area contributed by atoms with E-state index in [2.05, 4.69) is 18.2 Å². The Morgan fingerprint density at radius 2 is 1.05 bits per heavy atom. The number of phenols is 1. The predicted molar refractivity (Wildman–Crippen MR) is 84.4 cm³/mol. The van der Waals surface area contributed by atoms with Gasteiger partial charge in [0.15, 0.2) is 0 Å². The number of rotatable bonds is 2. The molecular formula is C19H28O. The van der Waals surface area contributed by atoms with E-state index in [1.165, 1.54) is 81.8 Å². The molecule has 2 aliphatic rings.